The smallest absolute Gasteiger partial charge is 0.262 e. The third-order valence-corrected chi connectivity index (χ3v) is 6.21. The summed E-state index contributed by atoms with van der Waals surface area (Å²) in [4.78, 5) is 32.7. The third-order valence-electron chi connectivity index (χ3n) is 5.27. The lowest BCUT2D eigenvalue weighted by molar-refractivity contribution is -0.130. The van der Waals surface area contributed by atoms with E-state index in [1.807, 2.05) is 87.2 Å². The predicted octanol–water partition coefficient (Wildman–Crippen LogP) is 4.90. The average molecular weight is 424 g/mol. The highest BCUT2D eigenvalue weighted by Crippen LogP contribution is 2.23. The second-order valence-corrected chi connectivity index (χ2v) is 8.68. The van der Waals surface area contributed by atoms with Gasteiger partial charge in [0.15, 0.2) is 5.16 Å². The molecular weight excluding hydrogens is 394 g/mol. The third kappa shape index (κ3) is 4.93. The minimum atomic E-state index is -0.0464. The van der Waals surface area contributed by atoms with Crippen molar-refractivity contribution in [3.8, 4) is 0 Å². The maximum atomic E-state index is 13.1. The Balaban J connectivity index is 1.86. The van der Waals surface area contributed by atoms with Crippen molar-refractivity contribution in [3.05, 3.63) is 70.5 Å². The molecular formula is C24H29N3O2S. The van der Waals surface area contributed by atoms with E-state index in [1.165, 1.54) is 11.8 Å². The van der Waals surface area contributed by atoms with Crippen LogP contribution in [-0.4, -0.2) is 32.2 Å². The Kier molecular flexibility index (Phi) is 7.32. The summed E-state index contributed by atoms with van der Waals surface area (Å²) in [5.41, 5.74) is 1.72. The predicted molar refractivity (Wildman–Crippen MR) is 124 cm³/mol. The maximum Gasteiger partial charge on any atom is 0.262 e. The molecule has 1 amide bonds. The topological polar surface area (TPSA) is 55.2 Å². The number of hydrogen-bond acceptors (Lipinski definition) is 4. The molecule has 0 radical (unpaired) electrons. The Labute approximate surface area is 182 Å². The van der Waals surface area contributed by atoms with Gasteiger partial charge in [-0.25, -0.2) is 4.98 Å². The molecule has 2 aromatic carbocycles. The molecule has 0 aliphatic heterocycles. The van der Waals surface area contributed by atoms with Crippen LogP contribution in [0, 0.1) is 0 Å². The fourth-order valence-corrected chi connectivity index (χ4v) is 4.33. The van der Waals surface area contributed by atoms with Crippen LogP contribution in [0.15, 0.2) is 64.5 Å². The summed E-state index contributed by atoms with van der Waals surface area (Å²) in [5, 5.41) is 1.21. The first-order valence-corrected chi connectivity index (χ1v) is 11.4. The van der Waals surface area contributed by atoms with Gasteiger partial charge in [0.05, 0.1) is 16.7 Å². The van der Waals surface area contributed by atoms with Crippen molar-refractivity contribution in [1.82, 2.24) is 14.5 Å². The van der Waals surface area contributed by atoms with Gasteiger partial charge in [0.25, 0.3) is 5.56 Å². The molecule has 0 unspecified atom stereocenters. The van der Waals surface area contributed by atoms with Crippen LogP contribution in [0.3, 0.4) is 0 Å². The SMILES string of the molecule is CC[C@@H](C)n1c(SCC(=O)N(Cc2ccccc2)C(C)C)nc2ccccc2c1=O. The van der Waals surface area contributed by atoms with Gasteiger partial charge in [-0.3, -0.25) is 14.2 Å². The van der Waals surface area contributed by atoms with E-state index in [4.69, 9.17) is 4.98 Å². The summed E-state index contributed by atoms with van der Waals surface area (Å²) in [6.45, 7) is 8.68. The number of rotatable bonds is 8. The van der Waals surface area contributed by atoms with Crippen LogP contribution < -0.4 is 5.56 Å². The van der Waals surface area contributed by atoms with E-state index in [0.29, 0.717) is 22.6 Å². The Morgan fingerprint density at radius 1 is 1.07 bits per heavy atom. The maximum absolute atomic E-state index is 13.1. The van der Waals surface area contributed by atoms with Crippen LogP contribution in [0.1, 0.15) is 45.7 Å². The molecule has 0 N–H and O–H groups in total. The van der Waals surface area contributed by atoms with Gasteiger partial charge in [-0.05, 0) is 44.9 Å². The molecule has 0 bridgehead atoms. The fourth-order valence-electron chi connectivity index (χ4n) is 3.35. The van der Waals surface area contributed by atoms with E-state index in [0.717, 1.165) is 12.0 Å². The number of aromatic nitrogens is 2. The van der Waals surface area contributed by atoms with Crippen LogP contribution in [0.25, 0.3) is 10.9 Å². The number of nitrogens with zero attached hydrogens (tertiary/aromatic N) is 3. The number of carbonyl (C=O) groups is 1. The van der Waals surface area contributed by atoms with Gasteiger partial charge in [0.2, 0.25) is 5.91 Å². The minimum absolute atomic E-state index is 0.0118. The van der Waals surface area contributed by atoms with Crippen LogP contribution in [0.5, 0.6) is 0 Å². The van der Waals surface area contributed by atoms with Gasteiger partial charge in [0, 0.05) is 18.6 Å². The molecule has 1 heterocycles. The molecule has 1 atom stereocenters. The van der Waals surface area contributed by atoms with Gasteiger partial charge in [0.1, 0.15) is 0 Å². The largest absolute Gasteiger partial charge is 0.335 e. The first kappa shape index (κ1) is 22.1. The van der Waals surface area contributed by atoms with Gasteiger partial charge in [-0.15, -0.1) is 0 Å². The van der Waals surface area contributed by atoms with E-state index < -0.39 is 0 Å². The highest BCUT2D eigenvalue weighted by atomic mass is 32.2. The molecule has 0 saturated carbocycles. The number of fused-ring (bicyclic) bond motifs is 1. The lowest BCUT2D eigenvalue weighted by Crippen LogP contribution is -2.37. The molecule has 6 heteroatoms. The van der Waals surface area contributed by atoms with E-state index in [-0.39, 0.29) is 29.3 Å². The monoisotopic (exact) mass is 423 g/mol. The molecule has 158 valence electrons. The zero-order chi connectivity index (χ0) is 21.7. The fraction of sp³-hybridized carbons (Fsp3) is 0.375. The van der Waals surface area contributed by atoms with E-state index in [2.05, 4.69) is 0 Å². The van der Waals surface area contributed by atoms with E-state index >= 15 is 0 Å². The minimum Gasteiger partial charge on any atom is -0.335 e. The van der Waals surface area contributed by atoms with Crippen LogP contribution in [0.4, 0.5) is 0 Å². The standard InChI is InChI=1S/C24H29N3O2S/c1-5-18(4)27-23(29)20-13-9-10-14-21(20)25-24(27)30-16-22(28)26(17(2)3)15-19-11-7-6-8-12-19/h6-14,17-18H,5,15-16H2,1-4H3/t18-/m1/s1. The number of thioether (sulfide) groups is 1. The molecule has 30 heavy (non-hydrogen) atoms. The second-order valence-electron chi connectivity index (χ2n) is 7.73. The van der Waals surface area contributed by atoms with E-state index in [1.54, 1.807) is 4.57 Å². The molecule has 5 nitrogen and oxygen atoms in total. The normalized spacial score (nSPS) is 12.3. The van der Waals surface area contributed by atoms with E-state index in [9.17, 15) is 9.59 Å². The van der Waals surface area contributed by atoms with Gasteiger partial charge in [-0.1, -0.05) is 61.2 Å². The molecule has 1 aromatic heterocycles. The second kappa shape index (κ2) is 9.94. The van der Waals surface area contributed by atoms with Crippen molar-refractivity contribution < 1.29 is 4.79 Å². The van der Waals surface area contributed by atoms with Crippen molar-refractivity contribution in [2.45, 2.75) is 57.9 Å². The molecule has 0 spiro atoms. The molecule has 0 aliphatic rings. The Morgan fingerprint density at radius 2 is 1.73 bits per heavy atom. The number of benzene rings is 2. The summed E-state index contributed by atoms with van der Waals surface area (Å²) in [5.74, 6) is 0.281. The van der Waals surface area contributed by atoms with Crippen molar-refractivity contribution >= 4 is 28.6 Å². The van der Waals surface area contributed by atoms with Crippen molar-refractivity contribution in [2.24, 2.45) is 0 Å². The molecule has 3 aromatic rings. The average Bonchev–Trinajstić information content (AvgIpc) is 2.76. The van der Waals surface area contributed by atoms with Crippen molar-refractivity contribution in [3.63, 3.8) is 0 Å². The lowest BCUT2D eigenvalue weighted by Gasteiger charge is -2.27. The van der Waals surface area contributed by atoms with Crippen LogP contribution in [0.2, 0.25) is 0 Å². The van der Waals surface area contributed by atoms with Gasteiger partial charge >= 0.3 is 0 Å². The Bertz CT molecular complexity index is 1060. The zero-order valence-corrected chi connectivity index (χ0v) is 18.9. The summed E-state index contributed by atoms with van der Waals surface area (Å²) in [7, 11) is 0. The Hall–Kier alpha value is -2.60. The molecule has 3 rings (SSSR count). The number of carbonyl (C=O) groups excluding carboxylic acids is 1. The summed E-state index contributed by atoms with van der Waals surface area (Å²) < 4.78 is 1.73. The first-order chi connectivity index (χ1) is 14.4. The van der Waals surface area contributed by atoms with Crippen molar-refractivity contribution in [2.75, 3.05) is 5.75 Å². The molecule has 0 saturated heterocycles. The zero-order valence-electron chi connectivity index (χ0n) is 18.0. The van der Waals surface area contributed by atoms with Crippen LogP contribution >= 0.6 is 11.8 Å². The lowest BCUT2D eigenvalue weighted by atomic mass is 10.2. The summed E-state index contributed by atoms with van der Waals surface area (Å²) in [6, 6.07) is 17.5. The number of amides is 1. The highest BCUT2D eigenvalue weighted by Gasteiger charge is 2.20. The first-order valence-electron chi connectivity index (χ1n) is 10.4. The summed E-state index contributed by atoms with van der Waals surface area (Å²) in [6.07, 6.45) is 0.813. The number of para-hydroxylation sites is 1. The number of hydrogen-bond donors (Lipinski definition) is 0. The quantitative estimate of drug-likeness (QED) is 0.382. The Morgan fingerprint density at radius 3 is 2.40 bits per heavy atom. The van der Waals surface area contributed by atoms with Gasteiger partial charge < -0.3 is 4.90 Å². The van der Waals surface area contributed by atoms with Gasteiger partial charge in [-0.2, -0.15) is 0 Å². The summed E-state index contributed by atoms with van der Waals surface area (Å²) >= 11 is 1.34. The highest BCUT2D eigenvalue weighted by molar-refractivity contribution is 7.99. The van der Waals surface area contributed by atoms with Crippen LogP contribution in [-0.2, 0) is 11.3 Å². The molecule has 0 fully saturated rings. The van der Waals surface area contributed by atoms with Crippen molar-refractivity contribution in [1.29, 1.82) is 0 Å². The molecule has 0 aliphatic carbocycles.